The van der Waals surface area contributed by atoms with Crippen LogP contribution >= 0.6 is 11.9 Å². The molecule has 8 heteroatoms. The van der Waals surface area contributed by atoms with Crippen molar-refractivity contribution in [3.05, 3.63) is 60.7 Å². The van der Waals surface area contributed by atoms with Crippen LogP contribution in [0.1, 0.15) is 25.0 Å². The van der Waals surface area contributed by atoms with Gasteiger partial charge in [-0.15, -0.1) is 0 Å². The molecule has 4 aromatic rings. The van der Waals surface area contributed by atoms with E-state index in [1.807, 2.05) is 54.6 Å². The van der Waals surface area contributed by atoms with Gasteiger partial charge in [0.05, 0.1) is 34.6 Å². The summed E-state index contributed by atoms with van der Waals surface area (Å²) in [5, 5.41) is 9.88. The Bertz CT molecular complexity index is 1090. The predicted molar refractivity (Wildman–Crippen MR) is 112 cm³/mol. The minimum absolute atomic E-state index is 0.0622. The van der Waals surface area contributed by atoms with Gasteiger partial charge >= 0.3 is 0 Å². The molecule has 0 amide bonds. The van der Waals surface area contributed by atoms with Crippen molar-refractivity contribution in [2.45, 2.75) is 24.3 Å². The monoisotopic (exact) mass is 394 g/mol. The molecule has 28 heavy (non-hydrogen) atoms. The third kappa shape index (κ3) is 3.61. The van der Waals surface area contributed by atoms with Gasteiger partial charge in [-0.05, 0) is 42.1 Å². The SMILES string of the molecule is CCC(OC)c1ccnc(-n2cc(SNc3cccc4cnn(C)c34)cn2)c1. The molecule has 0 fully saturated rings. The average Bonchev–Trinajstić information content (AvgIpc) is 3.35. The minimum Gasteiger partial charge on any atom is -0.377 e. The number of hydrogen-bond donors (Lipinski definition) is 1. The van der Waals surface area contributed by atoms with Crippen LogP contribution in [0.3, 0.4) is 0 Å². The van der Waals surface area contributed by atoms with Gasteiger partial charge in [0.2, 0.25) is 0 Å². The van der Waals surface area contributed by atoms with Gasteiger partial charge in [0, 0.05) is 31.9 Å². The van der Waals surface area contributed by atoms with E-state index >= 15 is 0 Å². The predicted octanol–water partition coefficient (Wildman–Crippen LogP) is 4.37. The molecule has 1 unspecified atom stereocenters. The highest BCUT2D eigenvalue weighted by Gasteiger charge is 2.11. The molecule has 0 spiro atoms. The summed E-state index contributed by atoms with van der Waals surface area (Å²) in [4.78, 5) is 5.43. The quantitative estimate of drug-likeness (QED) is 0.469. The highest BCUT2D eigenvalue weighted by atomic mass is 32.2. The maximum atomic E-state index is 5.53. The Kier molecular flexibility index (Phi) is 5.31. The molecule has 144 valence electrons. The van der Waals surface area contributed by atoms with E-state index in [9.17, 15) is 0 Å². The number of aromatic nitrogens is 5. The van der Waals surface area contributed by atoms with Gasteiger partial charge in [-0.2, -0.15) is 10.2 Å². The first kappa shape index (κ1) is 18.5. The maximum absolute atomic E-state index is 5.53. The van der Waals surface area contributed by atoms with Gasteiger partial charge in [0.1, 0.15) is 0 Å². The molecule has 0 saturated heterocycles. The second-order valence-corrected chi connectivity index (χ2v) is 7.30. The summed E-state index contributed by atoms with van der Waals surface area (Å²) >= 11 is 1.51. The van der Waals surface area contributed by atoms with Crippen molar-refractivity contribution in [3.8, 4) is 5.82 Å². The lowest BCUT2D eigenvalue weighted by Crippen LogP contribution is -2.03. The topological polar surface area (TPSA) is 69.8 Å². The number of hydrogen-bond acceptors (Lipinski definition) is 6. The summed E-state index contributed by atoms with van der Waals surface area (Å²) in [5.41, 5.74) is 3.18. The van der Waals surface area contributed by atoms with E-state index < -0.39 is 0 Å². The number of nitrogens with one attached hydrogen (secondary N) is 1. The molecule has 3 heterocycles. The van der Waals surface area contributed by atoms with Crippen LogP contribution < -0.4 is 4.72 Å². The Morgan fingerprint density at radius 1 is 1.21 bits per heavy atom. The highest BCUT2D eigenvalue weighted by Crippen LogP contribution is 2.28. The zero-order valence-electron chi connectivity index (χ0n) is 16.0. The van der Waals surface area contributed by atoms with Crippen LogP contribution in [0.15, 0.2) is 60.0 Å². The van der Waals surface area contributed by atoms with Gasteiger partial charge in [0.15, 0.2) is 5.82 Å². The van der Waals surface area contributed by atoms with Gasteiger partial charge in [0.25, 0.3) is 0 Å². The van der Waals surface area contributed by atoms with E-state index in [1.165, 1.54) is 11.9 Å². The second-order valence-electron chi connectivity index (χ2n) is 6.42. The first-order chi connectivity index (χ1) is 13.7. The number of benzene rings is 1. The summed E-state index contributed by atoms with van der Waals surface area (Å²) < 4.78 is 12.6. The summed E-state index contributed by atoms with van der Waals surface area (Å²) in [5.74, 6) is 0.772. The van der Waals surface area contributed by atoms with Crippen molar-refractivity contribution < 1.29 is 4.74 Å². The minimum atomic E-state index is 0.0622. The number of rotatable bonds is 7. The molecular formula is C20H22N6OS. The molecule has 0 aliphatic carbocycles. The molecule has 3 aromatic heterocycles. The van der Waals surface area contributed by atoms with Crippen molar-refractivity contribution in [2.24, 2.45) is 7.05 Å². The molecule has 1 aromatic carbocycles. The molecule has 1 atom stereocenters. The Morgan fingerprint density at radius 2 is 2.11 bits per heavy atom. The van der Waals surface area contributed by atoms with E-state index in [0.29, 0.717) is 0 Å². The van der Waals surface area contributed by atoms with Crippen molar-refractivity contribution in [2.75, 3.05) is 11.8 Å². The number of anilines is 1. The summed E-state index contributed by atoms with van der Waals surface area (Å²) in [6.45, 7) is 2.10. The second kappa shape index (κ2) is 8.04. The molecule has 0 aliphatic heterocycles. The molecule has 0 aliphatic rings. The van der Waals surface area contributed by atoms with Gasteiger partial charge < -0.3 is 9.46 Å². The highest BCUT2D eigenvalue weighted by molar-refractivity contribution is 8.00. The van der Waals surface area contributed by atoms with E-state index in [1.54, 1.807) is 18.0 Å². The first-order valence-corrected chi connectivity index (χ1v) is 9.88. The van der Waals surface area contributed by atoms with Crippen molar-refractivity contribution >= 4 is 28.5 Å². The molecule has 0 saturated carbocycles. The summed E-state index contributed by atoms with van der Waals surface area (Å²) in [6.07, 6.45) is 8.41. The molecule has 0 radical (unpaired) electrons. The molecule has 0 bridgehead atoms. The van der Waals surface area contributed by atoms with E-state index in [2.05, 4.69) is 32.9 Å². The molecule has 4 rings (SSSR count). The third-order valence-corrected chi connectivity index (χ3v) is 5.40. The maximum Gasteiger partial charge on any atom is 0.153 e. The molecule has 7 nitrogen and oxygen atoms in total. The fraction of sp³-hybridized carbons (Fsp3) is 0.250. The van der Waals surface area contributed by atoms with Crippen LogP contribution in [0.25, 0.3) is 16.7 Å². The Labute approximate surface area is 167 Å². The van der Waals surface area contributed by atoms with Gasteiger partial charge in [-0.1, -0.05) is 19.1 Å². The average molecular weight is 395 g/mol. The Morgan fingerprint density at radius 3 is 2.93 bits per heavy atom. The van der Waals surface area contributed by atoms with Crippen LogP contribution in [0.2, 0.25) is 0 Å². The lowest BCUT2D eigenvalue weighted by Gasteiger charge is -2.13. The zero-order valence-corrected chi connectivity index (χ0v) is 16.8. The fourth-order valence-corrected chi connectivity index (χ4v) is 3.86. The van der Waals surface area contributed by atoms with Crippen molar-refractivity contribution in [3.63, 3.8) is 0 Å². The normalized spacial score (nSPS) is 12.4. The largest absolute Gasteiger partial charge is 0.377 e. The number of fused-ring (bicyclic) bond motifs is 1. The number of ether oxygens (including phenoxy) is 1. The van der Waals surface area contributed by atoms with Crippen LogP contribution in [0.5, 0.6) is 0 Å². The number of methoxy groups -OCH3 is 1. The lowest BCUT2D eigenvalue weighted by atomic mass is 10.1. The van der Waals surface area contributed by atoms with E-state index in [0.717, 1.165) is 39.3 Å². The lowest BCUT2D eigenvalue weighted by molar-refractivity contribution is 0.0999. The van der Waals surface area contributed by atoms with Gasteiger partial charge in [-0.25, -0.2) is 9.67 Å². The van der Waals surface area contributed by atoms with Crippen LogP contribution in [0.4, 0.5) is 5.69 Å². The van der Waals surface area contributed by atoms with E-state index in [-0.39, 0.29) is 6.10 Å². The third-order valence-electron chi connectivity index (χ3n) is 4.63. The number of nitrogens with zero attached hydrogens (tertiary/aromatic N) is 5. The van der Waals surface area contributed by atoms with Crippen LogP contribution in [0, 0.1) is 0 Å². The number of pyridine rings is 1. The molecule has 1 N–H and O–H groups in total. The Balaban J connectivity index is 1.52. The van der Waals surface area contributed by atoms with Crippen molar-refractivity contribution in [1.29, 1.82) is 0 Å². The smallest absolute Gasteiger partial charge is 0.153 e. The van der Waals surface area contributed by atoms with Crippen LogP contribution in [-0.2, 0) is 11.8 Å². The Hall–Kier alpha value is -2.84. The first-order valence-electron chi connectivity index (χ1n) is 9.07. The summed E-state index contributed by atoms with van der Waals surface area (Å²) in [6, 6.07) is 10.1. The zero-order chi connectivity index (χ0) is 19.5. The standard InChI is InChI=1S/C20H22N6OS/c1-4-18(27-3)14-8-9-21-19(10-14)26-13-16(12-23-26)28-24-17-7-5-6-15-11-22-25(2)20(15)17/h5-13,18,24H,4H2,1-3H3. The van der Waals surface area contributed by atoms with E-state index in [4.69, 9.17) is 4.74 Å². The summed E-state index contributed by atoms with van der Waals surface area (Å²) in [7, 11) is 3.67. The number of para-hydroxylation sites is 1. The number of aryl methyl sites for hydroxylation is 1. The van der Waals surface area contributed by atoms with Crippen molar-refractivity contribution in [1.82, 2.24) is 24.5 Å². The fourth-order valence-electron chi connectivity index (χ4n) is 3.21. The van der Waals surface area contributed by atoms with Gasteiger partial charge in [-0.3, -0.25) is 4.68 Å². The molecular weight excluding hydrogens is 372 g/mol. The van der Waals surface area contributed by atoms with Crippen LogP contribution in [-0.4, -0.2) is 31.7 Å².